The monoisotopic (exact) mass is 424 g/mol. The summed E-state index contributed by atoms with van der Waals surface area (Å²) < 4.78 is 7.06. The molecule has 0 bridgehead atoms. The number of rotatable bonds is 5. The minimum atomic E-state index is -0.458. The van der Waals surface area contributed by atoms with Gasteiger partial charge in [0, 0.05) is 24.5 Å². The van der Waals surface area contributed by atoms with Gasteiger partial charge in [0.1, 0.15) is 12.4 Å². The molecule has 3 heterocycles. The first-order valence-electron chi connectivity index (χ1n) is 10.2. The standard InChI is InChI=1S/C21H24N6O4/c1-14-5-3-4-11-25(14)17-10-12-26-20(23-17)24-27(21(26)30)13-18(28)22-16-8-6-15(7-9-16)19(29)31-2/h6-10,12,14H,3-5,11,13H2,1-2H3,(H,22,28)/t14-/m1/s1. The van der Waals surface area contributed by atoms with Gasteiger partial charge in [-0.15, -0.1) is 5.10 Å². The van der Waals surface area contributed by atoms with Gasteiger partial charge < -0.3 is 15.0 Å². The van der Waals surface area contributed by atoms with Gasteiger partial charge in [-0.05, 0) is 56.5 Å². The van der Waals surface area contributed by atoms with Crippen LogP contribution < -0.4 is 15.9 Å². The van der Waals surface area contributed by atoms with E-state index in [0.717, 1.165) is 29.9 Å². The third-order valence-corrected chi connectivity index (χ3v) is 5.42. The van der Waals surface area contributed by atoms with E-state index in [4.69, 9.17) is 0 Å². The Morgan fingerprint density at radius 2 is 1.97 bits per heavy atom. The van der Waals surface area contributed by atoms with E-state index in [1.165, 1.54) is 17.9 Å². The van der Waals surface area contributed by atoms with Gasteiger partial charge in [-0.2, -0.15) is 4.98 Å². The molecule has 0 unspecified atom stereocenters. The average molecular weight is 424 g/mol. The third-order valence-electron chi connectivity index (χ3n) is 5.42. The summed E-state index contributed by atoms with van der Waals surface area (Å²) in [4.78, 5) is 43.2. The molecule has 4 rings (SSSR count). The number of nitrogens with one attached hydrogen (secondary N) is 1. The summed E-state index contributed by atoms with van der Waals surface area (Å²) in [6.07, 6.45) is 5.07. The fourth-order valence-corrected chi connectivity index (χ4v) is 3.74. The summed E-state index contributed by atoms with van der Waals surface area (Å²) in [6.45, 7) is 2.83. The topological polar surface area (TPSA) is 111 Å². The second kappa shape index (κ2) is 8.58. The number of anilines is 2. The zero-order valence-corrected chi connectivity index (χ0v) is 17.4. The molecule has 0 radical (unpaired) electrons. The highest BCUT2D eigenvalue weighted by Gasteiger charge is 2.21. The highest BCUT2D eigenvalue weighted by molar-refractivity contribution is 5.92. The van der Waals surface area contributed by atoms with E-state index in [1.54, 1.807) is 30.5 Å². The Bertz CT molecular complexity index is 1170. The smallest absolute Gasteiger partial charge is 0.352 e. The number of nitrogens with zero attached hydrogens (tertiary/aromatic N) is 5. The highest BCUT2D eigenvalue weighted by atomic mass is 16.5. The number of aromatic nitrogens is 4. The van der Waals surface area contributed by atoms with Gasteiger partial charge in [-0.1, -0.05) is 0 Å². The van der Waals surface area contributed by atoms with Crippen molar-refractivity contribution >= 4 is 29.2 Å². The average Bonchev–Trinajstić information content (AvgIpc) is 3.08. The van der Waals surface area contributed by atoms with Gasteiger partial charge in [0.2, 0.25) is 5.91 Å². The lowest BCUT2D eigenvalue weighted by Gasteiger charge is -2.34. The number of hydrogen-bond acceptors (Lipinski definition) is 7. The largest absolute Gasteiger partial charge is 0.465 e. The Hall–Kier alpha value is -3.69. The maximum atomic E-state index is 12.6. The number of carbonyl (C=O) groups is 2. The normalized spacial score (nSPS) is 16.3. The number of methoxy groups -OCH3 is 1. The Morgan fingerprint density at radius 3 is 2.68 bits per heavy atom. The third kappa shape index (κ3) is 4.27. The van der Waals surface area contributed by atoms with Gasteiger partial charge in [-0.25, -0.2) is 18.7 Å². The summed E-state index contributed by atoms with van der Waals surface area (Å²) >= 11 is 0. The first kappa shape index (κ1) is 20.6. The molecule has 1 atom stereocenters. The van der Waals surface area contributed by atoms with Crippen molar-refractivity contribution in [2.45, 2.75) is 38.8 Å². The number of esters is 1. The minimum absolute atomic E-state index is 0.254. The van der Waals surface area contributed by atoms with Crippen LogP contribution in [0.5, 0.6) is 0 Å². The van der Waals surface area contributed by atoms with E-state index in [0.29, 0.717) is 17.3 Å². The molecule has 3 aromatic rings. The molecular weight excluding hydrogens is 400 g/mol. The summed E-state index contributed by atoms with van der Waals surface area (Å²) in [5.41, 5.74) is 0.438. The molecule has 1 aliphatic rings. The lowest BCUT2D eigenvalue weighted by molar-refractivity contribution is -0.117. The second-order valence-electron chi connectivity index (χ2n) is 7.55. The van der Waals surface area contributed by atoms with Gasteiger partial charge in [0.25, 0.3) is 5.78 Å². The van der Waals surface area contributed by atoms with Crippen LogP contribution in [0.3, 0.4) is 0 Å². The van der Waals surface area contributed by atoms with Crippen molar-refractivity contribution in [1.82, 2.24) is 19.2 Å². The number of amides is 1. The molecule has 10 nitrogen and oxygen atoms in total. The predicted molar refractivity (Wildman–Crippen MR) is 114 cm³/mol. The number of hydrogen-bond donors (Lipinski definition) is 1. The Morgan fingerprint density at radius 1 is 1.19 bits per heavy atom. The molecule has 1 amide bonds. The van der Waals surface area contributed by atoms with Crippen LogP contribution in [-0.2, 0) is 16.1 Å². The zero-order valence-electron chi connectivity index (χ0n) is 17.4. The van der Waals surface area contributed by atoms with Gasteiger partial charge in [0.05, 0.1) is 12.7 Å². The summed E-state index contributed by atoms with van der Waals surface area (Å²) in [5, 5.41) is 6.92. The molecule has 1 aromatic carbocycles. The molecule has 10 heteroatoms. The van der Waals surface area contributed by atoms with Crippen molar-refractivity contribution in [3.05, 3.63) is 52.6 Å². The molecule has 1 aliphatic heterocycles. The van der Waals surface area contributed by atoms with Crippen LogP contribution in [0.15, 0.2) is 41.3 Å². The maximum absolute atomic E-state index is 12.6. The fraction of sp³-hybridized carbons (Fsp3) is 0.381. The van der Waals surface area contributed by atoms with E-state index in [9.17, 15) is 14.4 Å². The van der Waals surface area contributed by atoms with E-state index < -0.39 is 17.6 Å². The van der Waals surface area contributed by atoms with Crippen molar-refractivity contribution < 1.29 is 14.3 Å². The van der Waals surface area contributed by atoms with E-state index in [2.05, 4.69) is 32.0 Å². The predicted octanol–water partition coefficient (Wildman–Crippen LogP) is 1.70. The highest BCUT2D eigenvalue weighted by Crippen LogP contribution is 2.22. The number of carbonyl (C=O) groups excluding carboxylic acids is 2. The van der Waals surface area contributed by atoms with Gasteiger partial charge in [-0.3, -0.25) is 4.79 Å². The van der Waals surface area contributed by atoms with Crippen molar-refractivity contribution in [3.63, 3.8) is 0 Å². The Labute approximate surface area is 178 Å². The molecule has 0 saturated carbocycles. The van der Waals surface area contributed by atoms with Gasteiger partial charge >= 0.3 is 11.7 Å². The lowest BCUT2D eigenvalue weighted by Crippen LogP contribution is -2.38. The second-order valence-corrected chi connectivity index (χ2v) is 7.55. The van der Waals surface area contributed by atoms with Crippen LogP contribution in [0.2, 0.25) is 0 Å². The number of ether oxygens (including phenoxy) is 1. The van der Waals surface area contributed by atoms with Crippen molar-refractivity contribution in [1.29, 1.82) is 0 Å². The first-order chi connectivity index (χ1) is 15.0. The minimum Gasteiger partial charge on any atom is -0.465 e. The molecule has 1 saturated heterocycles. The Kier molecular flexibility index (Phi) is 5.70. The van der Waals surface area contributed by atoms with Crippen molar-refractivity contribution in [2.75, 3.05) is 23.9 Å². The number of benzene rings is 1. The molecule has 1 fully saturated rings. The van der Waals surface area contributed by atoms with Gasteiger partial charge in [0.15, 0.2) is 0 Å². The van der Waals surface area contributed by atoms with Crippen LogP contribution in [0.25, 0.3) is 5.78 Å². The van der Waals surface area contributed by atoms with Crippen LogP contribution in [0.1, 0.15) is 36.5 Å². The van der Waals surface area contributed by atoms with E-state index in [1.807, 2.05) is 6.07 Å². The molecule has 162 valence electrons. The molecule has 0 spiro atoms. The number of piperidine rings is 1. The molecule has 2 aromatic heterocycles. The zero-order chi connectivity index (χ0) is 22.0. The van der Waals surface area contributed by atoms with Crippen LogP contribution >= 0.6 is 0 Å². The molecule has 1 N–H and O–H groups in total. The summed E-state index contributed by atoms with van der Waals surface area (Å²) in [5.74, 6) is 0.170. The van der Waals surface area contributed by atoms with Crippen molar-refractivity contribution in [2.24, 2.45) is 0 Å². The summed E-state index contributed by atoms with van der Waals surface area (Å²) in [7, 11) is 1.30. The lowest BCUT2D eigenvalue weighted by atomic mass is 10.0. The van der Waals surface area contributed by atoms with Crippen LogP contribution in [-0.4, -0.2) is 50.7 Å². The maximum Gasteiger partial charge on any atom is 0.352 e. The van der Waals surface area contributed by atoms with Crippen molar-refractivity contribution in [3.8, 4) is 0 Å². The summed E-state index contributed by atoms with van der Waals surface area (Å²) in [6, 6.07) is 8.46. The molecule has 0 aliphatic carbocycles. The fourth-order valence-electron chi connectivity index (χ4n) is 3.74. The number of fused-ring (bicyclic) bond motifs is 1. The Balaban J connectivity index is 1.49. The van der Waals surface area contributed by atoms with E-state index >= 15 is 0 Å². The van der Waals surface area contributed by atoms with Crippen LogP contribution in [0, 0.1) is 0 Å². The first-order valence-corrected chi connectivity index (χ1v) is 10.2. The molecular formula is C21H24N6O4. The SMILES string of the molecule is COC(=O)c1ccc(NC(=O)Cn2nc3nc(N4CCCC[C@H]4C)ccn3c2=O)cc1. The van der Waals surface area contributed by atoms with Crippen LogP contribution in [0.4, 0.5) is 11.5 Å². The van der Waals surface area contributed by atoms with E-state index in [-0.39, 0.29) is 12.3 Å². The quantitative estimate of drug-likeness (QED) is 0.621. The molecule has 31 heavy (non-hydrogen) atoms.